The fourth-order valence-corrected chi connectivity index (χ4v) is 3.40. The van der Waals surface area contributed by atoms with E-state index in [1.807, 2.05) is 32.9 Å². The third kappa shape index (κ3) is 4.45. The summed E-state index contributed by atoms with van der Waals surface area (Å²) in [6, 6.07) is 3.78. The summed E-state index contributed by atoms with van der Waals surface area (Å²) in [4.78, 5) is 30.9. The Balaban J connectivity index is 1.99. The molecule has 0 saturated carbocycles. The molecule has 1 aliphatic heterocycles. The topological polar surface area (TPSA) is 86.5 Å². The Hall–Kier alpha value is -2.17. The van der Waals surface area contributed by atoms with Crippen molar-refractivity contribution in [3.05, 3.63) is 38.9 Å². The molecule has 150 valence electrons. The minimum atomic E-state index is -0.587. The normalized spacial score (nSPS) is 13.8. The van der Waals surface area contributed by atoms with Crippen molar-refractivity contribution in [3.8, 4) is 5.82 Å². The summed E-state index contributed by atoms with van der Waals surface area (Å²) in [6.07, 6.45) is 1.83. The molecule has 0 unspecified atom stereocenters. The fraction of sp³-hybridized carbons (Fsp3) is 0.474. The van der Waals surface area contributed by atoms with Gasteiger partial charge >= 0.3 is 12.1 Å². The Morgan fingerprint density at radius 2 is 2.07 bits per heavy atom. The molecule has 8 nitrogen and oxygen atoms in total. The third-order valence-electron chi connectivity index (χ3n) is 4.10. The van der Waals surface area contributed by atoms with E-state index >= 15 is 0 Å². The molecule has 0 aliphatic carbocycles. The van der Waals surface area contributed by atoms with Crippen molar-refractivity contribution in [2.24, 2.45) is 0 Å². The number of halogens is 1. The van der Waals surface area contributed by atoms with E-state index in [4.69, 9.17) is 9.47 Å². The van der Waals surface area contributed by atoms with Crippen LogP contribution in [0.2, 0.25) is 0 Å². The minimum Gasteiger partial charge on any atom is -0.461 e. The molecule has 0 atom stereocenters. The van der Waals surface area contributed by atoms with Gasteiger partial charge in [0, 0.05) is 28.3 Å². The lowest BCUT2D eigenvalue weighted by Crippen LogP contribution is -2.40. The highest BCUT2D eigenvalue weighted by Crippen LogP contribution is 2.27. The van der Waals surface area contributed by atoms with Gasteiger partial charge in [-0.3, -0.25) is 0 Å². The van der Waals surface area contributed by atoms with Crippen molar-refractivity contribution >= 4 is 34.7 Å². The number of amides is 1. The van der Waals surface area contributed by atoms with Gasteiger partial charge in [0.2, 0.25) is 0 Å². The van der Waals surface area contributed by atoms with E-state index in [-0.39, 0.29) is 18.8 Å². The lowest BCUT2D eigenvalue weighted by Gasteiger charge is -2.30. The van der Waals surface area contributed by atoms with Gasteiger partial charge in [-0.25, -0.2) is 19.3 Å². The molecule has 2 aromatic heterocycles. The molecular weight excluding hydrogens is 475 g/mol. The van der Waals surface area contributed by atoms with E-state index in [1.165, 1.54) is 0 Å². The van der Waals surface area contributed by atoms with E-state index in [1.54, 1.807) is 22.7 Å². The van der Waals surface area contributed by atoms with E-state index in [9.17, 15) is 9.59 Å². The number of ether oxygens (including phenoxy) is 2. The molecule has 0 aromatic carbocycles. The molecule has 0 N–H and O–H groups in total. The Morgan fingerprint density at radius 1 is 1.32 bits per heavy atom. The van der Waals surface area contributed by atoms with Gasteiger partial charge in [-0.05, 0) is 62.4 Å². The molecule has 0 spiro atoms. The lowest BCUT2D eigenvalue weighted by atomic mass is 10.1. The van der Waals surface area contributed by atoms with Crippen LogP contribution in [0.4, 0.5) is 4.79 Å². The molecule has 3 heterocycles. The number of rotatable bonds is 3. The summed E-state index contributed by atoms with van der Waals surface area (Å²) in [6.45, 7) is 8.18. The number of carbonyl (C=O) groups is 2. The number of nitrogens with zero attached hydrogens (tertiary/aromatic N) is 4. The summed E-state index contributed by atoms with van der Waals surface area (Å²) >= 11 is 2.20. The minimum absolute atomic E-state index is 0.214. The van der Waals surface area contributed by atoms with E-state index in [2.05, 4.69) is 32.7 Å². The number of carbonyl (C=O) groups excluding carboxylic acids is 2. The maximum absolute atomic E-state index is 12.5. The van der Waals surface area contributed by atoms with Gasteiger partial charge in [0.1, 0.15) is 5.60 Å². The highest BCUT2D eigenvalue weighted by Gasteiger charge is 2.33. The molecule has 0 bridgehead atoms. The lowest BCUT2D eigenvalue weighted by molar-refractivity contribution is 0.0219. The smallest absolute Gasteiger partial charge is 0.410 e. The van der Waals surface area contributed by atoms with Gasteiger partial charge in [-0.2, -0.15) is 5.10 Å². The first kappa shape index (κ1) is 20.6. The molecule has 0 saturated heterocycles. The van der Waals surface area contributed by atoms with Gasteiger partial charge in [0.25, 0.3) is 0 Å². The largest absolute Gasteiger partial charge is 0.461 e. The monoisotopic (exact) mass is 498 g/mol. The van der Waals surface area contributed by atoms with Crippen molar-refractivity contribution in [2.75, 3.05) is 13.2 Å². The predicted molar refractivity (Wildman–Crippen MR) is 110 cm³/mol. The van der Waals surface area contributed by atoms with Crippen molar-refractivity contribution in [1.82, 2.24) is 19.7 Å². The maximum atomic E-state index is 12.5. The standard InChI is InChI=1S/C19H23IN4O4/c1-5-27-17(25)16-13-11-23(18(26)28-19(2,3)4)9-7-14(13)24(22-16)15-10-12(20)6-8-21-15/h6,8,10H,5,7,9,11H2,1-4H3. The molecule has 0 radical (unpaired) electrons. The fourth-order valence-electron chi connectivity index (χ4n) is 2.96. The van der Waals surface area contributed by atoms with Crippen molar-refractivity contribution in [1.29, 1.82) is 0 Å². The van der Waals surface area contributed by atoms with Crippen LogP contribution < -0.4 is 0 Å². The zero-order valence-corrected chi connectivity index (χ0v) is 18.5. The van der Waals surface area contributed by atoms with Crippen molar-refractivity contribution < 1.29 is 19.1 Å². The SMILES string of the molecule is CCOC(=O)c1nn(-c2cc(I)ccn2)c2c1CN(C(=O)OC(C)(C)C)CC2. The van der Waals surface area contributed by atoms with Crippen LogP contribution in [0, 0.1) is 3.57 Å². The Kier molecular flexibility index (Phi) is 5.92. The van der Waals surface area contributed by atoms with Crippen LogP contribution in [0.3, 0.4) is 0 Å². The van der Waals surface area contributed by atoms with Crippen molar-refractivity contribution in [2.45, 2.75) is 46.3 Å². The second kappa shape index (κ2) is 8.06. The summed E-state index contributed by atoms with van der Waals surface area (Å²) in [5.74, 6) is 0.124. The number of fused-ring (bicyclic) bond motifs is 1. The molecular formula is C19H23IN4O4. The predicted octanol–water partition coefficient (Wildman–Crippen LogP) is 3.34. The quantitative estimate of drug-likeness (QED) is 0.477. The second-order valence-electron chi connectivity index (χ2n) is 7.39. The van der Waals surface area contributed by atoms with Crippen LogP contribution in [0.15, 0.2) is 18.3 Å². The third-order valence-corrected chi connectivity index (χ3v) is 4.77. The Bertz CT molecular complexity index is 904. The number of pyridine rings is 1. The number of hydrogen-bond acceptors (Lipinski definition) is 6. The summed E-state index contributed by atoms with van der Waals surface area (Å²) in [5, 5.41) is 4.49. The zero-order chi connectivity index (χ0) is 20.5. The first-order valence-electron chi connectivity index (χ1n) is 9.07. The second-order valence-corrected chi connectivity index (χ2v) is 8.64. The zero-order valence-electron chi connectivity index (χ0n) is 16.4. The number of hydrogen-bond donors (Lipinski definition) is 0. The first-order chi connectivity index (χ1) is 13.2. The number of esters is 1. The maximum Gasteiger partial charge on any atom is 0.410 e. The Morgan fingerprint density at radius 3 is 2.71 bits per heavy atom. The van der Waals surface area contributed by atoms with Gasteiger partial charge < -0.3 is 14.4 Å². The van der Waals surface area contributed by atoms with Crippen LogP contribution in [-0.4, -0.2) is 50.5 Å². The van der Waals surface area contributed by atoms with Crippen molar-refractivity contribution in [3.63, 3.8) is 0 Å². The summed E-state index contributed by atoms with van der Waals surface area (Å²) in [7, 11) is 0. The van der Waals surface area contributed by atoms with Crippen LogP contribution in [0.25, 0.3) is 5.82 Å². The van der Waals surface area contributed by atoms with Gasteiger partial charge in [0.15, 0.2) is 11.5 Å². The number of aromatic nitrogens is 3. The van der Waals surface area contributed by atoms with Gasteiger partial charge in [0.05, 0.1) is 18.8 Å². The summed E-state index contributed by atoms with van der Waals surface area (Å²) in [5.41, 5.74) is 1.16. The molecule has 2 aromatic rings. The van der Waals surface area contributed by atoms with Crippen LogP contribution in [0.1, 0.15) is 49.4 Å². The average Bonchev–Trinajstić information content (AvgIpc) is 2.99. The highest BCUT2D eigenvalue weighted by molar-refractivity contribution is 14.1. The van der Waals surface area contributed by atoms with Crippen LogP contribution >= 0.6 is 22.6 Å². The van der Waals surface area contributed by atoms with E-state index < -0.39 is 17.7 Å². The first-order valence-corrected chi connectivity index (χ1v) is 10.1. The van der Waals surface area contributed by atoms with Gasteiger partial charge in [-0.1, -0.05) is 0 Å². The molecule has 28 heavy (non-hydrogen) atoms. The molecule has 3 rings (SSSR count). The van der Waals surface area contributed by atoms with E-state index in [0.29, 0.717) is 24.3 Å². The van der Waals surface area contributed by atoms with E-state index in [0.717, 1.165) is 9.26 Å². The average molecular weight is 498 g/mol. The molecule has 0 fully saturated rings. The molecule has 9 heteroatoms. The highest BCUT2D eigenvalue weighted by atomic mass is 127. The van der Waals surface area contributed by atoms with Gasteiger partial charge in [-0.15, -0.1) is 0 Å². The van der Waals surface area contributed by atoms with Crippen LogP contribution in [-0.2, 0) is 22.4 Å². The molecule has 1 amide bonds. The Labute approximate surface area is 177 Å². The van der Waals surface area contributed by atoms with Crippen LogP contribution in [0.5, 0.6) is 0 Å². The molecule has 1 aliphatic rings. The summed E-state index contributed by atoms with van der Waals surface area (Å²) < 4.78 is 13.3.